The molecule has 118 valence electrons. The summed E-state index contributed by atoms with van der Waals surface area (Å²) >= 11 is 0. The van der Waals surface area contributed by atoms with E-state index in [0.717, 1.165) is 12.0 Å². The Morgan fingerprint density at radius 1 is 1.55 bits per heavy atom. The lowest BCUT2D eigenvalue weighted by Gasteiger charge is -2.16. The first-order valence-corrected chi connectivity index (χ1v) is 7.09. The molecule has 1 aromatic carbocycles. The number of fused-ring (bicyclic) bond motifs is 1. The molecule has 0 aliphatic carbocycles. The fourth-order valence-corrected chi connectivity index (χ4v) is 2.98. The van der Waals surface area contributed by atoms with Crippen LogP contribution in [-0.2, 0) is 11.2 Å². The molecule has 0 radical (unpaired) electrons. The van der Waals surface area contributed by atoms with E-state index in [-0.39, 0.29) is 36.4 Å². The number of hydrogen-bond acceptors (Lipinski definition) is 5. The van der Waals surface area contributed by atoms with Crippen molar-refractivity contribution < 1.29 is 13.9 Å². The fourth-order valence-electron chi connectivity index (χ4n) is 2.98. The molecule has 3 rings (SSSR count). The summed E-state index contributed by atoms with van der Waals surface area (Å²) in [5.41, 5.74) is 9.28. The number of likely N-dealkylation sites (tertiary alicyclic amines) is 1. The van der Waals surface area contributed by atoms with Gasteiger partial charge in [0.25, 0.3) is 0 Å². The maximum atomic E-state index is 14.2. The second-order valence-electron chi connectivity index (χ2n) is 5.49. The third-order valence-electron chi connectivity index (χ3n) is 4.02. The van der Waals surface area contributed by atoms with E-state index in [1.807, 2.05) is 6.07 Å². The Morgan fingerprint density at radius 2 is 2.36 bits per heavy atom. The van der Waals surface area contributed by atoms with Gasteiger partial charge in [-0.25, -0.2) is 15.8 Å². The van der Waals surface area contributed by atoms with E-state index in [9.17, 15) is 9.18 Å². The first-order valence-electron chi connectivity index (χ1n) is 7.09. The highest BCUT2D eigenvalue weighted by Gasteiger charge is 2.33. The zero-order valence-corrected chi connectivity index (χ0v) is 12.0. The van der Waals surface area contributed by atoms with Gasteiger partial charge in [0.15, 0.2) is 0 Å². The normalized spacial score (nSPS) is 21.0. The van der Waals surface area contributed by atoms with Crippen LogP contribution in [0.2, 0.25) is 0 Å². The van der Waals surface area contributed by atoms with Gasteiger partial charge in [0.1, 0.15) is 17.4 Å². The van der Waals surface area contributed by atoms with Gasteiger partial charge >= 0.3 is 0 Å². The molecular formula is C14H18FN5O2. The minimum absolute atomic E-state index is 0.0729. The summed E-state index contributed by atoms with van der Waals surface area (Å²) in [6, 6.07) is 3.23. The molecule has 2 aliphatic rings. The lowest BCUT2D eigenvalue weighted by Crippen LogP contribution is -2.36. The molecule has 8 heteroatoms. The molecule has 2 heterocycles. The number of carbonyl (C=O) groups is 1. The lowest BCUT2D eigenvalue weighted by molar-refractivity contribution is -0.127. The van der Waals surface area contributed by atoms with E-state index in [1.54, 1.807) is 4.90 Å². The Hall–Kier alpha value is -2.35. The van der Waals surface area contributed by atoms with E-state index in [4.69, 9.17) is 16.3 Å². The van der Waals surface area contributed by atoms with Gasteiger partial charge in [-0.05, 0) is 17.2 Å². The third kappa shape index (κ3) is 2.69. The summed E-state index contributed by atoms with van der Waals surface area (Å²) in [6.07, 6.45) is 1.04. The van der Waals surface area contributed by atoms with E-state index < -0.39 is 0 Å². The number of ether oxygens (including phenoxy) is 1. The quantitative estimate of drug-likeness (QED) is 0.309. The molecule has 5 N–H and O–H groups in total. The molecule has 0 saturated carbocycles. The number of nitrogens with one attached hydrogen (secondary N) is 1. The van der Waals surface area contributed by atoms with Crippen LogP contribution < -0.4 is 21.8 Å². The standard InChI is InChI=1S/C14H18FN5O2/c15-11-5-12-8(1-2-22-12)3-10(11)9-4-14(21)20(6-9)7-13(16)18-19-17/h3,5,9,19H,1-2,4,6-7,17H2,(H2,16,18). The van der Waals surface area contributed by atoms with Gasteiger partial charge in [0.05, 0.1) is 13.2 Å². The van der Waals surface area contributed by atoms with Crippen LogP contribution in [0, 0.1) is 5.82 Å². The zero-order chi connectivity index (χ0) is 15.7. The minimum atomic E-state index is -0.328. The molecule has 2 aliphatic heterocycles. The number of carbonyl (C=O) groups excluding carboxylic acids is 1. The van der Waals surface area contributed by atoms with Gasteiger partial charge in [0, 0.05) is 31.4 Å². The van der Waals surface area contributed by atoms with E-state index in [0.29, 0.717) is 24.5 Å². The van der Waals surface area contributed by atoms with E-state index >= 15 is 0 Å². The van der Waals surface area contributed by atoms with Crippen LogP contribution in [0.4, 0.5) is 4.39 Å². The molecular weight excluding hydrogens is 289 g/mol. The topological polar surface area (TPSA) is 106 Å². The highest BCUT2D eigenvalue weighted by molar-refractivity contribution is 5.88. The largest absolute Gasteiger partial charge is 0.493 e. The number of hydrogen-bond donors (Lipinski definition) is 3. The van der Waals surface area contributed by atoms with Gasteiger partial charge in [0.2, 0.25) is 5.91 Å². The average molecular weight is 307 g/mol. The number of amides is 1. The van der Waals surface area contributed by atoms with Gasteiger partial charge in [-0.3, -0.25) is 4.79 Å². The molecule has 1 fully saturated rings. The second kappa shape index (κ2) is 5.80. The molecule has 1 saturated heterocycles. The molecule has 7 nitrogen and oxygen atoms in total. The van der Waals surface area contributed by atoms with Gasteiger partial charge in [-0.1, -0.05) is 0 Å². The second-order valence-corrected chi connectivity index (χ2v) is 5.49. The smallest absolute Gasteiger partial charge is 0.223 e. The van der Waals surface area contributed by atoms with Gasteiger partial charge in [-0.15, -0.1) is 0 Å². The summed E-state index contributed by atoms with van der Waals surface area (Å²) < 4.78 is 19.6. The number of hydrazone groups is 1. The SMILES string of the molecule is NN/N=C(\N)CN1CC(c2cc3c(cc2F)OCC3)CC1=O. The third-order valence-corrected chi connectivity index (χ3v) is 4.02. The Labute approximate surface area is 127 Å². The lowest BCUT2D eigenvalue weighted by atomic mass is 9.95. The van der Waals surface area contributed by atoms with Crippen LogP contribution in [0.15, 0.2) is 17.2 Å². The Bertz CT molecular complexity index is 634. The minimum Gasteiger partial charge on any atom is -0.493 e. The molecule has 0 spiro atoms. The van der Waals surface area contributed by atoms with Crippen molar-refractivity contribution in [3.63, 3.8) is 0 Å². The van der Waals surface area contributed by atoms with Crippen LogP contribution in [-0.4, -0.2) is 36.3 Å². The predicted molar refractivity (Wildman–Crippen MR) is 78.5 cm³/mol. The molecule has 1 unspecified atom stereocenters. The molecule has 1 amide bonds. The first kappa shape index (κ1) is 14.6. The molecule has 0 bridgehead atoms. The number of nitrogens with zero attached hydrogens (tertiary/aromatic N) is 2. The Balaban J connectivity index is 1.77. The number of hydrazine groups is 1. The number of benzene rings is 1. The number of rotatable bonds is 4. The van der Waals surface area contributed by atoms with Crippen molar-refractivity contribution in [2.45, 2.75) is 18.8 Å². The highest BCUT2D eigenvalue weighted by Crippen LogP contribution is 2.35. The van der Waals surface area contributed by atoms with Crippen LogP contribution >= 0.6 is 0 Å². The van der Waals surface area contributed by atoms with E-state index in [2.05, 4.69) is 10.6 Å². The van der Waals surface area contributed by atoms with Crippen LogP contribution in [0.1, 0.15) is 23.5 Å². The predicted octanol–water partition coefficient (Wildman–Crippen LogP) is -0.188. The number of halogens is 1. The first-order chi connectivity index (χ1) is 10.6. The summed E-state index contributed by atoms with van der Waals surface area (Å²) in [5.74, 6) is 5.27. The maximum Gasteiger partial charge on any atom is 0.223 e. The van der Waals surface area contributed by atoms with Gasteiger partial charge in [-0.2, -0.15) is 5.10 Å². The summed E-state index contributed by atoms with van der Waals surface area (Å²) in [4.78, 5) is 13.6. The summed E-state index contributed by atoms with van der Waals surface area (Å²) in [7, 11) is 0. The van der Waals surface area contributed by atoms with Crippen LogP contribution in [0.5, 0.6) is 5.75 Å². The van der Waals surface area contributed by atoms with Crippen molar-refractivity contribution in [1.82, 2.24) is 10.4 Å². The molecule has 0 aromatic heterocycles. The monoisotopic (exact) mass is 307 g/mol. The Morgan fingerprint density at radius 3 is 3.14 bits per heavy atom. The van der Waals surface area contributed by atoms with Crippen molar-refractivity contribution in [1.29, 1.82) is 0 Å². The van der Waals surface area contributed by atoms with Gasteiger partial charge < -0.3 is 15.4 Å². The molecule has 1 atom stereocenters. The summed E-state index contributed by atoms with van der Waals surface area (Å²) in [6.45, 7) is 1.17. The van der Waals surface area contributed by atoms with Crippen molar-refractivity contribution in [2.24, 2.45) is 16.7 Å². The van der Waals surface area contributed by atoms with E-state index in [1.165, 1.54) is 6.07 Å². The highest BCUT2D eigenvalue weighted by atomic mass is 19.1. The van der Waals surface area contributed by atoms with Crippen molar-refractivity contribution in [2.75, 3.05) is 19.7 Å². The number of amidine groups is 1. The maximum absolute atomic E-state index is 14.2. The van der Waals surface area contributed by atoms with Crippen molar-refractivity contribution in [3.05, 3.63) is 29.1 Å². The van der Waals surface area contributed by atoms with Crippen molar-refractivity contribution in [3.8, 4) is 5.75 Å². The van der Waals surface area contributed by atoms with Crippen LogP contribution in [0.3, 0.4) is 0 Å². The van der Waals surface area contributed by atoms with Crippen LogP contribution in [0.25, 0.3) is 0 Å². The zero-order valence-electron chi connectivity index (χ0n) is 12.0. The molecule has 22 heavy (non-hydrogen) atoms. The summed E-state index contributed by atoms with van der Waals surface area (Å²) in [5, 5.41) is 3.62. The molecule has 1 aromatic rings. The Kier molecular flexibility index (Phi) is 3.84. The number of nitrogens with two attached hydrogens (primary N) is 2. The van der Waals surface area contributed by atoms with Crippen molar-refractivity contribution >= 4 is 11.7 Å². The fraction of sp³-hybridized carbons (Fsp3) is 0.429. The average Bonchev–Trinajstić information content (AvgIpc) is 3.05.